The van der Waals surface area contributed by atoms with E-state index < -0.39 is 11.8 Å². The van der Waals surface area contributed by atoms with E-state index in [9.17, 15) is 9.59 Å². The van der Waals surface area contributed by atoms with E-state index in [1.54, 1.807) is 7.11 Å². The van der Waals surface area contributed by atoms with Crippen molar-refractivity contribution in [1.29, 1.82) is 0 Å². The van der Waals surface area contributed by atoms with Crippen molar-refractivity contribution in [2.24, 2.45) is 10.9 Å². The molecule has 1 aromatic carbocycles. The Morgan fingerprint density at radius 2 is 2.24 bits per heavy atom. The van der Waals surface area contributed by atoms with Gasteiger partial charge in [-0.1, -0.05) is 0 Å². The van der Waals surface area contributed by atoms with Gasteiger partial charge in [0.1, 0.15) is 6.04 Å². The number of thiocarbonyl (C=S) groups is 1. The minimum atomic E-state index is -0.978. The van der Waals surface area contributed by atoms with E-state index in [0.29, 0.717) is 23.8 Å². The number of nitrogens with zero attached hydrogens (tertiary/aromatic N) is 2. The first-order chi connectivity index (χ1) is 13.9. The molecule has 0 radical (unpaired) electrons. The molecule has 3 aliphatic heterocycles. The summed E-state index contributed by atoms with van der Waals surface area (Å²) in [5.74, 6) is 0.179. The van der Waals surface area contributed by atoms with Gasteiger partial charge < -0.3 is 24.4 Å². The molecule has 0 spiro atoms. The van der Waals surface area contributed by atoms with E-state index in [1.807, 2.05) is 6.07 Å². The summed E-state index contributed by atoms with van der Waals surface area (Å²) in [6, 6.07) is 2.01. The lowest BCUT2D eigenvalue weighted by molar-refractivity contribution is -0.912. The zero-order valence-electron chi connectivity index (χ0n) is 16.5. The molecule has 10 heteroatoms. The van der Waals surface area contributed by atoms with Crippen LogP contribution in [0.3, 0.4) is 0 Å². The first-order valence-corrected chi connectivity index (χ1v) is 9.77. The van der Waals surface area contributed by atoms with E-state index >= 15 is 0 Å². The largest absolute Gasteiger partial charge is 0.492 e. The van der Waals surface area contributed by atoms with Crippen molar-refractivity contribution in [3.8, 4) is 17.2 Å². The summed E-state index contributed by atoms with van der Waals surface area (Å²) >= 11 is 4.97. The Balaban J connectivity index is 1.60. The molecule has 2 unspecified atom stereocenters. The number of rotatable bonds is 4. The Labute approximate surface area is 173 Å². The molecule has 3 heterocycles. The van der Waals surface area contributed by atoms with E-state index in [0.717, 1.165) is 24.1 Å². The van der Waals surface area contributed by atoms with Gasteiger partial charge in [0, 0.05) is 19.7 Å². The number of methoxy groups -OCH3 is 1. The quantitative estimate of drug-likeness (QED) is 0.373. The zero-order valence-corrected chi connectivity index (χ0v) is 17.3. The summed E-state index contributed by atoms with van der Waals surface area (Å²) in [5.41, 5.74) is 2.18. The molecular formula is C19H23N4O5S+. The van der Waals surface area contributed by atoms with Crippen LogP contribution in [0.5, 0.6) is 17.2 Å². The standard InChI is InChI=1S/C19H22N4O5S/c1-22-5-4-10-6-13-15(28-9-27-13)16(26-3)14(10)12(22)8-20-7-11-17(24)21-19(29)23(2)18(11)25/h6-7,11-12H,4-5,8-9H2,1-3H3,(H,21,24,29)/p+1/t11?,12-/m1/s1. The summed E-state index contributed by atoms with van der Waals surface area (Å²) in [6.45, 7) is 1.50. The molecule has 3 atom stereocenters. The fourth-order valence-corrected chi connectivity index (χ4v) is 4.15. The van der Waals surface area contributed by atoms with Crippen LogP contribution in [0, 0.1) is 5.92 Å². The van der Waals surface area contributed by atoms with Crippen LogP contribution in [0.25, 0.3) is 0 Å². The molecule has 9 nitrogen and oxygen atoms in total. The molecule has 154 valence electrons. The fourth-order valence-electron chi connectivity index (χ4n) is 3.96. The van der Waals surface area contributed by atoms with Gasteiger partial charge in [0.05, 0.1) is 32.8 Å². The Bertz CT molecular complexity index is 918. The van der Waals surface area contributed by atoms with E-state index in [1.165, 1.54) is 23.1 Å². The third-order valence-corrected chi connectivity index (χ3v) is 6.01. The van der Waals surface area contributed by atoms with Gasteiger partial charge in [0.25, 0.3) is 0 Å². The number of hydrogen-bond acceptors (Lipinski definition) is 7. The Kier molecular flexibility index (Phi) is 5.13. The lowest BCUT2D eigenvalue weighted by Gasteiger charge is -2.32. The van der Waals surface area contributed by atoms with Gasteiger partial charge in [-0.15, -0.1) is 0 Å². The van der Waals surface area contributed by atoms with Crippen molar-refractivity contribution in [3.63, 3.8) is 0 Å². The summed E-state index contributed by atoms with van der Waals surface area (Å²) in [7, 11) is 5.25. The van der Waals surface area contributed by atoms with Gasteiger partial charge in [-0.2, -0.15) is 0 Å². The second-order valence-corrected chi connectivity index (χ2v) is 7.69. The lowest BCUT2D eigenvalue weighted by atomic mass is 9.91. The van der Waals surface area contributed by atoms with Crippen LogP contribution in [0.15, 0.2) is 11.1 Å². The highest BCUT2D eigenvalue weighted by Crippen LogP contribution is 2.47. The maximum atomic E-state index is 12.4. The molecule has 3 aliphatic rings. The Morgan fingerprint density at radius 1 is 1.45 bits per heavy atom. The highest BCUT2D eigenvalue weighted by atomic mass is 32.1. The van der Waals surface area contributed by atoms with Gasteiger partial charge >= 0.3 is 0 Å². The minimum Gasteiger partial charge on any atom is -0.492 e. The van der Waals surface area contributed by atoms with Gasteiger partial charge in [0.15, 0.2) is 22.5 Å². The average molecular weight is 419 g/mol. The number of nitrogens with one attached hydrogen (secondary N) is 2. The number of ether oxygens (including phenoxy) is 3. The van der Waals surface area contributed by atoms with Crippen LogP contribution >= 0.6 is 12.2 Å². The summed E-state index contributed by atoms with van der Waals surface area (Å²) in [4.78, 5) is 31.5. The first kappa shape index (κ1) is 19.6. The number of carbonyl (C=O) groups excluding carboxylic acids is 2. The molecule has 1 saturated heterocycles. The molecule has 0 saturated carbocycles. The highest BCUT2D eigenvalue weighted by Gasteiger charge is 2.38. The molecule has 29 heavy (non-hydrogen) atoms. The van der Waals surface area contributed by atoms with Crippen molar-refractivity contribution in [1.82, 2.24) is 10.2 Å². The topological polar surface area (TPSA) is 93.9 Å². The lowest BCUT2D eigenvalue weighted by Crippen LogP contribution is -3.10. The number of amides is 2. The fraction of sp³-hybridized carbons (Fsp3) is 0.474. The number of carbonyl (C=O) groups is 2. The molecule has 1 aromatic rings. The minimum absolute atomic E-state index is 0.00000908. The van der Waals surface area contributed by atoms with Crippen molar-refractivity contribution < 1.29 is 28.7 Å². The third kappa shape index (κ3) is 3.32. The van der Waals surface area contributed by atoms with Gasteiger partial charge in [0.2, 0.25) is 24.4 Å². The third-order valence-electron chi connectivity index (χ3n) is 5.64. The van der Waals surface area contributed by atoms with E-state index in [4.69, 9.17) is 26.4 Å². The monoisotopic (exact) mass is 419 g/mol. The second kappa shape index (κ2) is 7.60. The number of quaternary nitrogens is 1. The van der Waals surface area contributed by atoms with Crippen LogP contribution in [0.4, 0.5) is 0 Å². The van der Waals surface area contributed by atoms with Crippen LogP contribution < -0.4 is 24.4 Å². The van der Waals surface area contributed by atoms with Gasteiger partial charge in [-0.3, -0.25) is 19.5 Å². The SMILES string of the molecule is COc1c2c(cc3c1[C@@H](CN=CC1C(=O)NC(=S)N(C)C1=O)[NH+](C)CC3)OCO2. The molecule has 0 bridgehead atoms. The molecule has 1 fully saturated rings. The Hall–Kier alpha value is -2.72. The summed E-state index contributed by atoms with van der Waals surface area (Å²) < 4.78 is 16.8. The number of hydrogen-bond donors (Lipinski definition) is 2. The van der Waals surface area contributed by atoms with E-state index in [-0.39, 0.29) is 23.9 Å². The van der Waals surface area contributed by atoms with Crippen molar-refractivity contribution in [3.05, 3.63) is 17.2 Å². The summed E-state index contributed by atoms with van der Waals surface area (Å²) in [6.07, 6.45) is 2.30. The van der Waals surface area contributed by atoms with Crippen molar-refractivity contribution in [2.75, 3.05) is 41.1 Å². The van der Waals surface area contributed by atoms with Crippen LogP contribution in [-0.2, 0) is 16.0 Å². The maximum absolute atomic E-state index is 12.4. The van der Waals surface area contributed by atoms with Gasteiger partial charge in [-0.05, 0) is 23.8 Å². The highest BCUT2D eigenvalue weighted by molar-refractivity contribution is 7.80. The summed E-state index contributed by atoms with van der Waals surface area (Å²) in [5, 5.41) is 2.63. The van der Waals surface area contributed by atoms with Crippen LogP contribution in [0.2, 0.25) is 0 Å². The zero-order chi connectivity index (χ0) is 20.7. The molecule has 0 aromatic heterocycles. The van der Waals surface area contributed by atoms with Crippen LogP contribution in [0.1, 0.15) is 17.2 Å². The number of aliphatic imine (C=N–C) groups is 1. The number of fused-ring (bicyclic) bond motifs is 2. The molecule has 0 aliphatic carbocycles. The predicted molar refractivity (Wildman–Crippen MR) is 108 cm³/mol. The average Bonchev–Trinajstić information content (AvgIpc) is 3.17. The second-order valence-electron chi connectivity index (χ2n) is 7.30. The van der Waals surface area contributed by atoms with E-state index in [2.05, 4.69) is 17.4 Å². The predicted octanol–water partition coefficient (Wildman–Crippen LogP) is -0.904. The number of likely N-dealkylation sites (N-methyl/N-ethyl adjacent to an activating group) is 1. The molecule has 2 amide bonds. The normalized spacial score (nSPS) is 26.0. The molecular weight excluding hydrogens is 396 g/mol. The first-order valence-electron chi connectivity index (χ1n) is 9.36. The van der Waals surface area contributed by atoms with Crippen LogP contribution in [-0.4, -0.2) is 69.1 Å². The maximum Gasteiger partial charge on any atom is 0.246 e. The van der Waals surface area contributed by atoms with Crippen molar-refractivity contribution in [2.45, 2.75) is 12.5 Å². The molecule has 4 rings (SSSR count). The van der Waals surface area contributed by atoms with Crippen molar-refractivity contribution >= 4 is 35.4 Å². The smallest absolute Gasteiger partial charge is 0.246 e. The Morgan fingerprint density at radius 3 is 3.00 bits per heavy atom. The molecule has 2 N–H and O–H groups in total. The van der Waals surface area contributed by atoms with Gasteiger partial charge in [-0.25, -0.2) is 0 Å². The number of benzene rings is 1.